The second-order valence-corrected chi connectivity index (χ2v) is 17.9. The summed E-state index contributed by atoms with van der Waals surface area (Å²) in [5, 5.41) is 12.5. The van der Waals surface area contributed by atoms with Gasteiger partial charge in [-0.2, -0.15) is 46.7 Å². The van der Waals surface area contributed by atoms with E-state index in [4.69, 9.17) is 0 Å². The molecule has 0 unspecified atom stereocenters. The molecule has 0 spiro atoms. The molecule has 2 aromatic heterocycles. The molecule has 64 heavy (non-hydrogen) atoms. The van der Waals surface area contributed by atoms with Crippen molar-refractivity contribution in [1.82, 2.24) is 39.7 Å². The number of hydrogen-bond donors (Lipinski definition) is 6. The lowest BCUT2D eigenvalue weighted by Gasteiger charge is -2.32. The molecular formula is C42H46N14O6S2. The first kappa shape index (κ1) is 43.8. The van der Waals surface area contributed by atoms with Gasteiger partial charge >= 0.3 is 0 Å². The maximum absolute atomic E-state index is 12.8. The predicted octanol–water partition coefficient (Wildman–Crippen LogP) is 5.20. The summed E-state index contributed by atoms with van der Waals surface area (Å²) in [7, 11) is -5.58. The van der Waals surface area contributed by atoms with E-state index in [1.165, 1.54) is 36.4 Å². The van der Waals surface area contributed by atoms with Crippen LogP contribution in [-0.2, 0) is 20.2 Å². The summed E-state index contributed by atoms with van der Waals surface area (Å²) in [5.74, 6) is 1.60. The Hall–Kier alpha value is -6.82. The van der Waals surface area contributed by atoms with Crippen molar-refractivity contribution in [3.05, 3.63) is 108 Å². The van der Waals surface area contributed by atoms with Crippen LogP contribution >= 0.6 is 0 Å². The SMILES string of the molecule is CN1CCN(c2nc(Nc3ccccc3)nc(Nc3ccc(/C=C/c4ccc(Nc5nc(Nc6ccccc6)nc(N6CCN(C)CC6)n5)cc4S(=O)(=O)O)c(S(=O)(=O)O)c3)n2)CC1. The van der Waals surface area contributed by atoms with E-state index in [0.29, 0.717) is 38.1 Å². The molecule has 2 aliphatic rings. The summed E-state index contributed by atoms with van der Waals surface area (Å²) < 4.78 is 71.9. The van der Waals surface area contributed by atoms with Gasteiger partial charge in [-0.25, -0.2) is 0 Å². The van der Waals surface area contributed by atoms with Crippen LogP contribution in [0.5, 0.6) is 0 Å². The molecule has 0 radical (unpaired) electrons. The zero-order valence-electron chi connectivity index (χ0n) is 34.9. The maximum Gasteiger partial charge on any atom is 0.295 e. The minimum Gasteiger partial charge on any atom is -0.338 e. The Morgan fingerprint density at radius 2 is 0.781 bits per heavy atom. The van der Waals surface area contributed by atoms with E-state index in [1.807, 2.05) is 84.6 Å². The minimum absolute atomic E-state index is 0.0248. The van der Waals surface area contributed by atoms with E-state index in [2.05, 4.69) is 61.0 Å². The van der Waals surface area contributed by atoms with Gasteiger partial charge in [0.2, 0.25) is 35.7 Å². The number of nitrogens with zero attached hydrogens (tertiary/aromatic N) is 10. The van der Waals surface area contributed by atoms with Crippen molar-refractivity contribution < 1.29 is 25.9 Å². The van der Waals surface area contributed by atoms with Crippen LogP contribution in [0.3, 0.4) is 0 Å². The second kappa shape index (κ2) is 18.9. The summed E-state index contributed by atoms with van der Waals surface area (Å²) >= 11 is 0. The van der Waals surface area contributed by atoms with Crippen LogP contribution in [0.4, 0.5) is 58.4 Å². The Bertz CT molecular complexity index is 2670. The fourth-order valence-corrected chi connectivity index (χ4v) is 8.35. The van der Waals surface area contributed by atoms with Gasteiger partial charge in [-0.3, -0.25) is 9.11 Å². The smallest absolute Gasteiger partial charge is 0.295 e. The van der Waals surface area contributed by atoms with Crippen molar-refractivity contribution in [1.29, 1.82) is 0 Å². The first-order valence-electron chi connectivity index (χ1n) is 20.2. The number of likely N-dealkylation sites (N-methyl/N-ethyl adjacent to an activating group) is 2. The van der Waals surface area contributed by atoms with Crippen molar-refractivity contribution in [2.75, 3.05) is 97.5 Å². The molecule has 20 nitrogen and oxygen atoms in total. The third-order valence-corrected chi connectivity index (χ3v) is 12.2. The Balaban J connectivity index is 1.06. The quantitative estimate of drug-likeness (QED) is 0.0607. The molecule has 332 valence electrons. The zero-order chi connectivity index (χ0) is 44.8. The molecule has 6 aromatic rings. The lowest BCUT2D eigenvalue weighted by atomic mass is 10.1. The van der Waals surface area contributed by atoms with Crippen LogP contribution in [0.2, 0.25) is 0 Å². The third-order valence-electron chi connectivity index (χ3n) is 10.4. The highest BCUT2D eigenvalue weighted by Crippen LogP contribution is 2.29. The fraction of sp³-hybridized carbons (Fsp3) is 0.238. The molecule has 8 rings (SSSR count). The Morgan fingerprint density at radius 1 is 0.453 bits per heavy atom. The number of piperazine rings is 2. The highest BCUT2D eigenvalue weighted by atomic mass is 32.2. The summed E-state index contributed by atoms with van der Waals surface area (Å²) in [6.07, 6.45) is 2.63. The fourth-order valence-electron chi connectivity index (χ4n) is 6.93. The molecule has 4 aromatic carbocycles. The van der Waals surface area contributed by atoms with Crippen LogP contribution < -0.4 is 31.1 Å². The van der Waals surface area contributed by atoms with E-state index < -0.39 is 30.0 Å². The molecule has 6 N–H and O–H groups in total. The lowest BCUT2D eigenvalue weighted by Crippen LogP contribution is -2.45. The van der Waals surface area contributed by atoms with Crippen molar-refractivity contribution in [2.24, 2.45) is 0 Å². The monoisotopic (exact) mass is 906 g/mol. The topological polar surface area (TPSA) is 247 Å². The van der Waals surface area contributed by atoms with Crippen molar-refractivity contribution in [3.63, 3.8) is 0 Å². The number of nitrogens with one attached hydrogen (secondary N) is 4. The summed E-state index contributed by atoms with van der Waals surface area (Å²) in [6.45, 7) is 5.96. The largest absolute Gasteiger partial charge is 0.338 e. The van der Waals surface area contributed by atoms with Crippen molar-refractivity contribution in [3.8, 4) is 0 Å². The van der Waals surface area contributed by atoms with Crippen LogP contribution in [0.25, 0.3) is 12.2 Å². The van der Waals surface area contributed by atoms with Crippen LogP contribution in [0.1, 0.15) is 11.1 Å². The van der Waals surface area contributed by atoms with Gasteiger partial charge in [0, 0.05) is 75.1 Å². The van der Waals surface area contributed by atoms with E-state index in [9.17, 15) is 25.9 Å². The normalized spacial score (nSPS) is 15.3. The lowest BCUT2D eigenvalue weighted by molar-refractivity contribution is 0.311. The number of aromatic nitrogens is 6. The number of hydrogen-bond acceptors (Lipinski definition) is 18. The van der Waals surface area contributed by atoms with Gasteiger partial charge in [0.25, 0.3) is 20.2 Å². The van der Waals surface area contributed by atoms with Crippen LogP contribution in [0, 0.1) is 0 Å². The van der Waals surface area contributed by atoms with Gasteiger partial charge in [0.05, 0.1) is 0 Å². The van der Waals surface area contributed by atoms with Crippen molar-refractivity contribution in [2.45, 2.75) is 9.79 Å². The second-order valence-electron chi connectivity index (χ2n) is 15.2. The van der Waals surface area contributed by atoms with Gasteiger partial charge < -0.3 is 40.9 Å². The highest BCUT2D eigenvalue weighted by molar-refractivity contribution is 7.86. The summed E-state index contributed by atoms with van der Waals surface area (Å²) in [4.78, 5) is 35.1. The Kier molecular flexibility index (Phi) is 12.9. The van der Waals surface area contributed by atoms with Crippen LogP contribution in [-0.4, -0.2) is 132 Å². The molecule has 0 amide bonds. The van der Waals surface area contributed by atoms with Crippen molar-refractivity contribution >= 4 is 90.8 Å². The van der Waals surface area contributed by atoms with E-state index in [-0.39, 0.29) is 46.3 Å². The molecule has 22 heteroatoms. The highest BCUT2D eigenvalue weighted by Gasteiger charge is 2.23. The predicted molar refractivity (Wildman–Crippen MR) is 247 cm³/mol. The first-order chi connectivity index (χ1) is 30.7. The minimum atomic E-state index is -4.83. The molecular weight excluding hydrogens is 861 g/mol. The van der Waals surface area contributed by atoms with Gasteiger partial charge in [0.1, 0.15) is 9.79 Å². The maximum atomic E-state index is 12.8. The summed E-state index contributed by atoms with van der Waals surface area (Å²) in [5.41, 5.74) is 2.02. The average Bonchev–Trinajstić information content (AvgIpc) is 3.26. The zero-order valence-corrected chi connectivity index (χ0v) is 36.5. The number of anilines is 10. The molecule has 0 saturated carbocycles. The van der Waals surface area contributed by atoms with Gasteiger partial charge in [-0.15, -0.1) is 0 Å². The Morgan fingerprint density at radius 3 is 1.11 bits per heavy atom. The molecule has 4 heterocycles. The standard InChI is InChI=1S/C42H46N14O6S2/c1-53-19-23-55(24-20-53)41-49-37(43-31-9-5-3-6-10-31)47-39(51-41)45-33-17-15-29(35(27-33)63(57,58)59)13-14-30-16-18-34(28-36(30)64(60,61)62)46-40-48-38(44-32-11-7-4-8-12-32)50-42(52-40)56-25-21-54(2)22-26-56/h3-18,27-28H,19-26H2,1-2H3,(H,57,58,59)(H,60,61,62)(H2,43,45,47,49,51)(H2,44,46,48,50,52)/b14-13+. The Labute approximate surface area is 370 Å². The van der Waals surface area contributed by atoms with E-state index in [1.54, 1.807) is 12.1 Å². The molecule has 0 aliphatic carbocycles. The molecule has 2 saturated heterocycles. The van der Waals surface area contributed by atoms with Crippen LogP contribution in [0.15, 0.2) is 107 Å². The molecule has 0 bridgehead atoms. The van der Waals surface area contributed by atoms with E-state index >= 15 is 0 Å². The molecule has 0 atom stereocenters. The van der Waals surface area contributed by atoms with Gasteiger partial charge in [-0.05, 0) is 73.8 Å². The average molecular weight is 907 g/mol. The third kappa shape index (κ3) is 11.2. The summed E-state index contributed by atoms with van der Waals surface area (Å²) in [6, 6.07) is 27.1. The first-order valence-corrected chi connectivity index (χ1v) is 23.1. The molecule has 2 fully saturated rings. The molecule has 2 aliphatic heterocycles. The van der Waals surface area contributed by atoms with Gasteiger partial charge in [0.15, 0.2) is 0 Å². The number of benzene rings is 4. The number of rotatable bonds is 14. The number of para-hydroxylation sites is 2. The van der Waals surface area contributed by atoms with Gasteiger partial charge in [-0.1, -0.05) is 60.7 Å². The van der Waals surface area contributed by atoms with E-state index in [0.717, 1.165) is 37.6 Å².